The normalized spacial score (nSPS) is 14.8. The van der Waals surface area contributed by atoms with Crippen LogP contribution in [0.4, 0.5) is 0 Å². The van der Waals surface area contributed by atoms with Crippen molar-refractivity contribution in [3.8, 4) is 16.9 Å². The molecule has 0 bridgehead atoms. The number of rotatable bonds is 5. The number of para-hydroxylation sites is 1. The summed E-state index contributed by atoms with van der Waals surface area (Å²) in [6.07, 6.45) is 3.04. The second kappa shape index (κ2) is 8.84. The van der Waals surface area contributed by atoms with Crippen molar-refractivity contribution in [3.05, 3.63) is 71.4 Å². The van der Waals surface area contributed by atoms with Gasteiger partial charge in [-0.05, 0) is 56.1 Å². The fourth-order valence-corrected chi connectivity index (χ4v) is 4.01. The molecule has 5 nitrogen and oxygen atoms in total. The number of amides is 1. The van der Waals surface area contributed by atoms with E-state index in [4.69, 9.17) is 5.10 Å². The van der Waals surface area contributed by atoms with Crippen LogP contribution < -0.4 is 0 Å². The molecule has 0 saturated carbocycles. The summed E-state index contributed by atoms with van der Waals surface area (Å²) in [4.78, 5) is 17.9. The molecule has 0 radical (unpaired) electrons. The topological polar surface area (TPSA) is 41.4 Å². The molecule has 0 aliphatic carbocycles. The smallest absolute Gasteiger partial charge is 0.257 e. The number of piperazine rings is 1. The van der Waals surface area contributed by atoms with Crippen LogP contribution in [-0.4, -0.2) is 58.2 Å². The summed E-state index contributed by atoms with van der Waals surface area (Å²) in [6.45, 7) is 10.9. The molecule has 2 aromatic carbocycles. The maximum atomic E-state index is 13.5. The van der Waals surface area contributed by atoms with E-state index in [1.54, 1.807) is 0 Å². The highest BCUT2D eigenvalue weighted by atomic mass is 16.2. The largest absolute Gasteiger partial charge is 0.336 e. The maximum absolute atomic E-state index is 13.5. The third kappa shape index (κ3) is 4.17. The number of carbonyl (C=O) groups is 1. The zero-order valence-electron chi connectivity index (χ0n) is 18.1. The first kappa shape index (κ1) is 20.4. The second-order valence-corrected chi connectivity index (χ2v) is 8.10. The van der Waals surface area contributed by atoms with E-state index in [-0.39, 0.29) is 5.91 Å². The lowest BCUT2D eigenvalue weighted by molar-refractivity contribution is 0.0638. The van der Waals surface area contributed by atoms with Crippen LogP contribution in [0.2, 0.25) is 0 Å². The van der Waals surface area contributed by atoms with Gasteiger partial charge in [0, 0.05) is 37.9 Å². The molecule has 0 atom stereocenters. The van der Waals surface area contributed by atoms with Crippen LogP contribution in [0.1, 0.15) is 34.8 Å². The molecule has 0 spiro atoms. The molecule has 1 saturated heterocycles. The Balaban J connectivity index is 1.69. The van der Waals surface area contributed by atoms with Gasteiger partial charge in [0.25, 0.3) is 5.91 Å². The van der Waals surface area contributed by atoms with Gasteiger partial charge in [-0.15, -0.1) is 0 Å². The van der Waals surface area contributed by atoms with Crippen molar-refractivity contribution in [1.29, 1.82) is 0 Å². The Hall–Kier alpha value is -2.92. The highest BCUT2D eigenvalue weighted by Crippen LogP contribution is 2.27. The molecule has 156 valence electrons. The molecule has 30 heavy (non-hydrogen) atoms. The summed E-state index contributed by atoms with van der Waals surface area (Å²) < 4.78 is 1.82. The van der Waals surface area contributed by atoms with Gasteiger partial charge in [-0.25, -0.2) is 4.68 Å². The van der Waals surface area contributed by atoms with Crippen molar-refractivity contribution in [1.82, 2.24) is 19.6 Å². The van der Waals surface area contributed by atoms with E-state index in [9.17, 15) is 4.79 Å². The Morgan fingerprint density at radius 2 is 1.70 bits per heavy atom. The molecule has 1 amide bonds. The summed E-state index contributed by atoms with van der Waals surface area (Å²) in [5, 5.41) is 4.84. The van der Waals surface area contributed by atoms with Crippen molar-refractivity contribution in [3.63, 3.8) is 0 Å². The number of nitrogens with zero attached hydrogens (tertiary/aromatic N) is 4. The number of aromatic nitrogens is 2. The highest BCUT2D eigenvalue weighted by Gasteiger charge is 2.26. The average Bonchev–Trinajstić information content (AvgIpc) is 3.22. The molecular weight excluding hydrogens is 372 g/mol. The van der Waals surface area contributed by atoms with Gasteiger partial charge in [0.2, 0.25) is 0 Å². The molecule has 1 aliphatic heterocycles. The Bertz CT molecular complexity index is 1020. The first-order valence-electron chi connectivity index (χ1n) is 10.8. The molecule has 1 fully saturated rings. The van der Waals surface area contributed by atoms with Crippen LogP contribution in [0.5, 0.6) is 0 Å². The van der Waals surface area contributed by atoms with Gasteiger partial charge in [-0.1, -0.05) is 37.3 Å². The molecule has 0 N–H and O–H groups in total. The predicted octanol–water partition coefficient (Wildman–Crippen LogP) is 4.32. The quantitative estimate of drug-likeness (QED) is 0.638. The van der Waals surface area contributed by atoms with Gasteiger partial charge in [-0.2, -0.15) is 5.10 Å². The minimum absolute atomic E-state index is 0.0709. The molecule has 0 unspecified atom stereocenters. The van der Waals surface area contributed by atoms with Gasteiger partial charge in [0.15, 0.2) is 0 Å². The number of hydrogen-bond donors (Lipinski definition) is 0. The summed E-state index contributed by atoms with van der Waals surface area (Å²) in [7, 11) is 0. The molecule has 3 aromatic rings. The SMILES string of the molecule is CCCN1CCN(C(=O)c2cn(-c3ccccc3)nc2-c2ccc(C)c(C)c2)CC1. The molecule has 5 heteroatoms. The van der Waals surface area contributed by atoms with Crippen molar-refractivity contribution in [2.45, 2.75) is 27.2 Å². The first-order chi connectivity index (χ1) is 14.6. The molecule has 4 rings (SSSR count). The number of aryl methyl sites for hydroxylation is 2. The van der Waals surface area contributed by atoms with Gasteiger partial charge >= 0.3 is 0 Å². The number of benzene rings is 2. The minimum Gasteiger partial charge on any atom is -0.336 e. The minimum atomic E-state index is 0.0709. The van der Waals surface area contributed by atoms with E-state index in [0.717, 1.165) is 56.1 Å². The van der Waals surface area contributed by atoms with Gasteiger partial charge in [0.1, 0.15) is 5.69 Å². The Labute approximate surface area is 178 Å². The summed E-state index contributed by atoms with van der Waals surface area (Å²) in [6, 6.07) is 16.3. The van der Waals surface area contributed by atoms with Crippen molar-refractivity contribution >= 4 is 5.91 Å². The zero-order chi connectivity index (χ0) is 21.1. The Morgan fingerprint density at radius 3 is 2.37 bits per heavy atom. The van der Waals surface area contributed by atoms with E-state index in [1.807, 2.05) is 46.1 Å². The van der Waals surface area contributed by atoms with E-state index >= 15 is 0 Å². The van der Waals surface area contributed by atoms with E-state index in [1.165, 1.54) is 11.1 Å². The summed E-state index contributed by atoms with van der Waals surface area (Å²) >= 11 is 0. The zero-order valence-corrected chi connectivity index (χ0v) is 18.1. The fourth-order valence-electron chi connectivity index (χ4n) is 4.01. The van der Waals surface area contributed by atoms with Crippen molar-refractivity contribution in [2.24, 2.45) is 0 Å². The number of hydrogen-bond acceptors (Lipinski definition) is 3. The Morgan fingerprint density at radius 1 is 0.967 bits per heavy atom. The lowest BCUT2D eigenvalue weighted by Crippen LogP contribution is -2.48. The lowest BCUT2D eigenvalue weighted by Gasteiger charge is -2.34. The van der Waals surface area contributed by atoms with Crippen molar-refractivity contribution in [2.75, 3.05) is 32.7 Å². The van der Waals surface area contributed by atoms with Crippen LogP contribution in [-0.2, 0) is 0 Å². The van der Waals surface area contributed by atoms with Crippen LogP contribution in [0, 0.1) is 13.8 Å². The average molecular weight is 403 g/mol. The van der Waals surface area contributed by atoms with Gasteiger partial charge < -0.3 is 4.90 Å². The Kier molecular flexibility index (Phi) is 6.00. The predicted molar refractivity (Wildman–Crippen MR) is 121 cm³/mol. The fraction of sp³-hybridized carbons (Fsp3) is 0.360. The van der Waals surface area contributed by atoms with Gasteiger partial charge in [-0.3, -0.25) is 9.69 Å². The maximum Gasteiger partial charge on any atom is 0.257 e. The van der Waals surface area contributed by atoms with Crippen molar-refractivity contribution < 1.29 is 4.79 Å². The van der Waals surface area contributed by atoms with E-state index in [0.29, 0.717) is 5.56 Å². The van der Waals surface area contributed by atoms with Crippen LogP contribution in [0.3, 0.4) is 0 Å². The highest BCUT2D eigenvalue weighted by molar-refractivity contribution is 6.00. The van der Waals surface area contributed by atoms with E-state index < -0.39 is 0 Å². The first-order valence-corrected chi connectivity index (χ1v) is 10.8. The lowest BCUT2D eigenvalue weighted by atomic mass is 10.0. The molecule has 2 heterocycles. The van der Waals surface area contributed by atoms with Crippen LogP contribution in [0.15, 0.2) is 54.7 Å². The number of carbonyl (C=O) groups excluding carboxylic acids is 1. The van der Waals surface area contributed by atoms with Crippen LogP contribution in [0.25, 0.3) is 16.9 Å². The third-order valence-electron chi connectivity index (χ3n) is 5.95. The monoisotopic (exact) mass is 402 g/mol. The van der Waals surface area contributed by atoms with Crippen LogP contribution >= 0.6 is 0 Å². The second-order valence-electron chi connectivity index (χ2n) is 8.10. The standard InChI is InChI=1S/C25H30N4O/c1-4-12-27-13-15-28(16-14-27)25(30)23-18-29(22-8-6-5-7-9-22)26-24(23)21-11-10-19(2)20(3)17-21/h5-11,17-18H,4,12-16H2,1-3H3. The molecule has 1 aromatic heterocycles. The summed E-state index contributed by atoms with van der Waals surface area (Å²) in [5.74, 6) is 0.0709. The van der Waals surface area contributed by atoms with E-state index in [2.05, 4.69) is 43.9 Å². The molecular formula is C25H30N4O. The third-order valence-corrected chi connectivity index (χ3v) is 5.95. The molecule has 1 aliphatic rings. The summed E-state index contributed by atoms with van der Waals surface area (Å²) in [5.41, 5.74) is 5.80. The van der Waals surface area contributed by atoms with Gasteiger partial charge in [0.05, 0.1) is 11.3 Å².